The Morgan fingerprint density at radius 1 is 1.04 bits per heavy atom. The van der Waals surface area contributed by atoms with Crippen LogP contribution >= 0.6 is 0 Å². The molecule has 0 spiro atoms. The second-order valence-electron chi connectivity index (χ2n) is 6.58. The number of rotatable bonds is 11. The zero-order valence-corrected chi connectivity index (χ0v) is 15.0. The predicted molar refractivity (Wildman–Crippen MR) is 98.6 cm³/mol. The number of amides is 1. The van der Waals surface area contributed by atoms with Gasteiger partial charge in [-0.25, -0.2) is 5.43 Å². The van der Waals surface area contributed by atoms with Gasteiger partial charge in [-0.1, -0.05) is 83.2 Å². The maximum atomic E-state index is 11.9. The lowest BCUT2D eigenvalue weighted by Crippen LogP contribution is -2.20. The minimum Gasteiger partial charge on any atom is -0.273 e. The first-order valence-electron chi connectivity index (χ1n) is 9.04. The minimum absolute atomic E-state index is 0.0256. The van der Waals surface area contributed by atoms with E-state index in [9.17, 15) is 4.79 Å². The van der Waals surface area contributed by atoms with Crippen molar-refractivity contribution in [1.82, 2.24) is 5.43 Å². The van der Waals surface area contributed by atoms with Gasteiger partial charge < -0.3 is 0 Å². The molecule has 0 atom stereocenters. The lowest BCUT2D eigenvalue weighted by molar-refractivity contribution is -0.121. The molecule has 1 amide bonds. The Balaban J connectivity index is 2.42. The van der Waals surface area contributed by atoms with Crippen LogP contribution in [0.2, 0.25) is 0 Å². The highest BCUT2D eigenvalue weighted by Gasteiger charge is 2.07. The number of hydrogen-bond acceptors (Lipinski definition) is 2. The van der Waals surface area contributed by atoms with E-state index in [1.165, 1.54) is 25.7 Å². The molecule has 0 aliphatic heterocycles. The van der Waals surface area contributed by atoms with E-state index in [4.69, 9.17) is 0 Å². The molecule has 23 heavy (non-hydrogen) atoms. The second-order valence-corrected chi connectivity index (χ2v) is 6.58. The van der Waals surface area contributed by atoms with Crippen LogP contribution in [0, 0.1) is 5.92 Å². The van der Waals surface area contributed by atoms with E-state index >= 15 is 0 Å². The van der Waals surface area contributed by atoms with Crippen LogP contribution in [0.1, 0.15) is 77.7 Å². The van der Waals surface area contributed by atoms with Crippen LogP contribution in [-0.4, -0.2) is 11.6 Å². The number of hydrogen-bond donors (Lipinski definition) is 1. The Labute approximate surface area is 141 Å². The van der Waals surface area contributed by atoms with Crippen molar-refractivity contribution >= 4 is 11.6 Å². The summed E-state index contributed by atoms with van der Waals surface area (Å²) >= 11 is 0. The first-order valence-corrected chi connectivity index (χ1v) is 9.04. The van der Waals surface area contributed by atoms with E-state index in [1.54, 1.807) is 0 Å². The molecule has 0 saturated carbocycles. The second kappa shape index (κ2) is 11.9. The van der Waals surface area contributed by atoms with E-state index in [2.05, 4.69) is 31.3 Å². The molecule has 0 aliphatic rings. The molecule has 1 rings (SSSR count). The summed E-state index contributed by atoms with van der Waals surface area (Å²) in [5.74, 6) is 0.530. The summed E-state index contributed by atoms with van der Waals surface area (Å²) < 4.78 is 0. The summed E-state index contributed by atoms with van der Waals surface area (Å²) in [6.45, 7) is 6.54. The molecule has 0 fully saturated rings. The quantitative estimate of drug-likeness (QED) is 0.336. The van der Waals surface area contributed by atoms with E-state index in [-0.39, 0.29) is 5.91 Å². The zero-order chi connectivity index (χ0) is 16.9. The van der Waals surface area contributed by atoms with Crippen LogP contribution in [0.15, 0.2) is 35.4 Å². The fraction of sp³-hybridized carbons (Fsp3) is 0.600. The molecule has 0 bridgehead atoms. The Kier molecular flexibility index (Phi) is 10.0. The molecule has 0 heterocycles. The van der Waals surface area contributed by atoms with Crippen LogP contribution in [-0.2, 0) is 4.79 Å². The highest BCUT2D eigenvalue weighted by molar-refractivity contribution is 6.01. The summed E-state index contributed by atoms with van der Waals surface area (Å²) in [5.41, 5.74) is 4.78. The number of unbranched alkanes of at least 4 members (excludes halogenated alkanes) is 5. The molecule has 0 aromatic heterocycles. The van der Waals surface area contributed by atoms with Crippen molar-refractivity contribution in [2.75, 3.05) is 0 Å². The van der Waals surface area contributed by atoms with Gasteiger partial charge in [0.2, 0.25) is 5.91 Å². The van der Waals surface area contributed by atoms with Gasteiger partial charge in [-0.2, -0.15) is 5.10 Å². The van der Waals surface area contributed by atoms with Crippen molar-refractivity contribution < 1.29 is 4.79 Å². The highest BCUT2D eigenvalue weighted by Crippen LogP contribution is 2.10. The topological polar surface area (TPSA) is 41.5 Å². The molecule has 1 aromatic rings. The molecule has 0 radical (unpaired) electrons. The molecular formula is C20H32N2O. The van der Waals surface area contributed by atoms with Gasteiger partial charge >= 0.3 is 0 Å². The number of hydrazone groups is 1. The van der Waals surface area contributed by atoms with Crippen LogP contribution in [0.4, 0.5) is 0 Å². The van der Waals surface area contributed by atoms with E-state index < -0.39 is 0 Å². The molecule has 0 aliphatic carbocycles. The number of nitrogens with zero attached hydrogens (tertiary/aromatic N) is 1. The smallest absolute Gasteiger partial charge is 0.240 e. The summed E-state index contributed by atoms with van der Waals surface area (Å²) in [7, 11) is 0. The normalized spacial score (nSPS) is 11.7. The number of carbonyl (C=O) groups is 1. The maximum absolute atomic E-state index is 11.9. The van der Waals surface area contributed by atoms with Crippen molar-refractivity contribution in [3.05, 3.63) is 35.9 Å². The fourth-order valence-electron chi connectivity index (χ4n) is 2.50. The SMILES string of the molecule is CCCCCCCCC(=O)NN=C(CC(C)C)c1ccccc1. The van der Waals surface area contributed by atoms with E-state index in [0.717, 1.165) is 30.5 Å². The van der Waals surface area contributed by atoms with Crippen LogP contribution in [0.3, 0.4) is 0 Å². The summed E-state index contributed by atoms with van der Waals surface area (Å²) in [4.78, 5) is 11.9. The third-order valence-electron chi connectivity index (χ3n) is 3.78. The lowest BCUT2D eigenvalue weighted by atomic mass is 10.0. The van der Waals surface area contributed by atoms with Gasteiger partial charge in [-0.15, -0.1) is 0 Å². The highest BCUT2D eigenvalue weighted by atomic mass is 16.2. The summed E-state index contributed by atoms with van der Waals surface area (Å²) in [6, 6.07) is 10.1. The Hall–Kier alpha value is -1.64. The van der Waals surface area contributed by atoms with E-state index in [0.29, 0.717) is 12.3 Å². The molecular weight excluding hydrogens is 284 g/mol. The van der Waals surface area contributed by atoms with Gasteiger partial charge in [-0.05, 0) is 24.3 Å². The fourth-order valence-corrected chi connectivity index (χ4v) is 2.50. The number of nitrogens with one attached hydrogen (secondary N) is 1. The Morgan fingerprint density at radius 3 is 2.35 bits per heavy atom. The third-order valence-corrected chi connectivity index (χ3v) is 3.78. The first kappa shape index (κ1) is 19.4. The van der Waals surface area contributed by atoms with Crippen molar-refractivity contribution in [1.29, 1.82) is 0 Å². The number of carbonyl (C=O) groups excluding carboxylic acids is 1. The third kappa shape index (κ3) is 9.17. The van der Waals surface area contributed by atoms with E-state index in [1.807, 2.05) is 30.3 Å². The van der Waals surface area contributed by atoms with Crippen molar-refractivity contribution in [3.8, 4) is 0 Å². The lowest BCUT2D eigenvalue weighted by Gasteiger charge is -2.10. The van der Waals surface area contributed by atoms with Gasteiger partial charge in [0.05, 0.1) is 5.71 Å². The minimum atomic E-state index is 0.0256. The Bertz CT molecular complexity index is 466. The standard InChI is InChI=1S/C20H32N2O/c1-4-5-6-7-8-12-15-20(23)22-21-19(16-17(2)3)18-13-10-9-11-14-18/h9-11,13-14,17H,4-8,12,15-16H2,1-3H3,(H,22,23). The van der Waals surface area contributed by atoms with Crippen molar-refractivity contribution in [2.45, 2.75) is 72.1 Å². The zero-order valence-electron chi connectivity index (χ0n) is 15.0. The van der Waals surface area contributed by atoms with Gasteiger partial charge in [0.1, 0.15) is 0 Å². The molecule has 128 valence electrons. The Morgan fingerprint density at radius 2 is 1.70 bits per heavy atom. The van der Waals surface area contributed by atoms with Gasteiger partial charge in [0.15, 0.2) is 0 Å². The average Bonchev–Trinajstić information content (AvgIpc) is 2.55. The molecule has 3 nitrogen and oxygen atoms in total. The molecule has 0 unspecified atom stereocenters. The summed E-state index contributed by atoms with van der Waals surface area (Å²) in [6.07, 6.45) is 8.58. The maximum Gasteiger partial charge on any atom is 0.240 e. The van der Waals surface area contributed by atoms with Crippen molar-refractivity contribution in [2.24, 2.45) is 11.0 Å². The number of benzene rings is 1. The largest absolute Gasteiger partial charge is 0.273 e. The van der Waals surface area contributed by atoms with Gasteiger partial charge in [0, 0.05) is 6.42 Å². The van der Waals surface area contributed by atoms with Crippen LogP contribution in [0.5, 0.6) is 0 Å². The molecule has 0 saturated heterocycles. The molecule has 1 N–H and O–H groups in total. The van der Waals surface area contributed by atoms with Crippen LogP contribution < -0.4 is 5.43 Å². The predicted octanol–water partition coefficient (Wildman–Crippen LogP) is 5.30. The first-order chi connectivity index (χ1) is 11.1. The molecule has 1 aromatic carbocycles. The van der Waals surface area contributed by atoms with Crippen molar-refractivity contribution in [3.63, 3.8) is 0 Å². The average molecular weight is 316 g/mol. The molecule has 3 heteroatoms. The van der Waals surface area contributed by atoms with Crippen LogP contribution in [0.25, 0.3) is 0 Å². The van der Waals surface area contributed by atoms with Gasteiger partial charge in [-0.3, -0.25) is 4.79 Å². The summed E-state index contributed by atoms with van der Waals surface area (Å²) in [5, 5.41) is 4.38. The van der Waals surface area contributed by atoms with Gasteiger partial charge in [0.25, 0.3) is 0 Å². The monoisotopic (exact) mass is 316 g/mol.